The molecule has 0 aliphatic carbocycles. The van der Waals surface area contributed by atoms with Crippen molar-refractivity contribution < 1.29 is 0 Å². The Morgan fingerprint density at radius 2 is 1.06 bits per heavy atom. The van der Waals surface area contributed by atoms with Crippen LogP contribution in [0.4, 0.5) is 0 Å². The number of benzene rings is 2. The lowest BCUT2D eigenvalue weighted by Gasteiger charge is -2.07. The van der Waals surface area contributed by atoms with Crippen molar-refractivity contribution >= 4 is 0 Å². The molecule has 2 saturated heterocycles. The van der Waals surface area contributed by atoms with E-state index < -0.39 is 0 Å². The maximum Gasteiger partial charge on any atom is 0.123 e. The molecule has 2 aromatic carbocycles. The molecule has 2 aliphatic heterocycles. The molecular formula is C28H32N6. The van der Waals surface area contributed by atoms with Crippen molar-refractivity contribution in [3.63, 3.8) is 0 Å². The van der Waals surface area contributed by atoms with Gasteiger partial charge in [-0.2, -0.15) is 0 Å². The van der Waals surface area contributed by atoms with E-state index in [0.717, 1.165) is 61.8 Å². The van der Waals surface area contributed by atoms with E-state index in [9.17, 15) is 0 Å². The first-order valence-electron chi connectivity index (χ1n) is 12.6. The van der Waals surface area contributed by atoms with Crippen LogP contribution in [0.15, 0.2) is 60.9 Å². The zero-order chi connectivity index (χ0) is 22.7. The van der Waals surface area contributed by atoms with Gasteiger partial charge in [0, 0.05) is 0 Å². The number of aromatic amines is 2. The Bertz CT molecular complexity index is 1110. The van der Waals surface area contributed by atoms with Crippen LogP contribution < -0.4 is 10.6 Å². The fourth-order valence-electron chi connectivity index (χ4n) is 5.15. The summed E-state index contributed by atoms with van der Waals surface area (Å²) in [5, 5.41) is 7.01. The molecule has 0 amide bonds. The summed E-state index contributed by atoms with van der Waals surface area (Å²) in [5.74, 6) is 2.11. The molecule has 1 unspecified atom stereocenters. The molecule has 2 fully saturated rings. The van der Waals surface area contributed by atoms with Gasteiger partial charge in [0.25, 0.3) is 0 Å². The molecule has 34 heavy (non-hydrogen) atoms. The lowest BCUT2D eigenvalue weighted by Crippen LogP contribution is -2.14. The van der Waals surface area contributed by atoms with E-state index in [2.05, 4.69) is 79.1 Å². The summed E-state index contributed by atoms with van der Waals surface area (Å²) in [6, 6.07) is 18.5. The Hall–Kier alpha value is -3.22. The molecule has 4 heterocycles. The van der Waals surface area contributed by atoms with Crippen LogP contribution in [0.1, 0.15) is 60.5 Å². The fourth-order valence-corrected chi connectivity index (χ4v) is 5.15. The molecule has 174 valence electrons. The molecule has 0 radical (unpaired) electrons. The minimum Gasteiger partial charge on any atom is -0.341 e. The zero-order valence-corrected chi connectivity index (χ0v) is 19.5. The number of hydrogen-bond donors (Lipinski definition) is 4. The molecule has 2 aromatic heterocycles. The van der Waals surface area contributed by atoms with Gasteiger partial charge in [-0.15, -0.1) is 0 Å². The number of hydrogen-bond acceptors (Lipinski definition) is 4. The summed E-state index contributed by atoms with van der Waals surface area (Å²) < 4.78 is 0. The SMILES string of the molecule is c1cc(-c2cnc(C3CCCN3)[nH]2)ccc1CCc1ccc(-c2cnc([C@@H]3CCCN3)[nH]2)cc1. The first-order chi connectivity index (χ1) is 16.8. The predicted molar refractivity (Wildman–Crippen MR) is 135 cm³/mol. The van der Waals surface area contributed by atoms with E-state index in [-0.39, 0.29) is 0 Å². The second-order valence-electron chi connectivity index (χ2n) is 9.56. The molecule has 0 bridgehead atoms. The highest BCUT2D eigenvalue weighted by Gasteiger charge is 2.20. The number of nitrogens with zero attached hydrogens (tertiary/aromatic N) is 2. The Kier molecular flexibility index (Phi) is 6.00. The van der Waals surface area contributed by atoms with Gasteiger partial charge in [0.15, 0.2) is 0 Å². The van der Waals surface area contributed by atoms with Crippen molar-refractivity contribution in [3.8, 4) is 22.5 Å². The third-order valence-corrected chi connectivity index (χ3v) is 7.20. The van der Waals surface area contributed by atoms with Gasteiger partial charge in [0.05, 0.1) is 35.9 Å². The monoisotopic (exact) mass is 452 g/mol. The Balaban J connectivity index is 1.05. The largest absolute Gasteiger partial charge is 0.341 e. The summed E-state index contributed by atoms with van der Waals surface area (Å²) in [6.07, 6.45) is 10.7. The summed E-state index contributed by atoms with van der Waals surface area (Å²) in [7, 11) is 0. The number of aryl methyl sites for hydroxylation is 2. The molecule has 4 N–H and O–H groups in total. The molecule has 2 aliphatic rings. The molecule has 6 rings (SSSR count). The number of nitrogens with one attached hydrogen (secondary N) is 4. The normalized spacial score (nSPS) is 20.2. The van der Waals surface area contributed by atoms with Crippen LogP contribution in [0.2, 0.25) is 0 Å². The van der Waals surface area contributed by atoms with Crippen LogP contribution in [0.5, 0.6) is 0 Å². The third-order valence-electron chi connectivity index (χ3n) is 7.20. The minimum absolute atomic E-state index is 0.374. The summed E-state index contributed by atoms with van der Waals surface area (Å²) in [4.78, 5) is 16.2. The van der Waals surface area contributed by atoms with E-state index in [0.29, 0.717) is 12.1 Å². The van der Waals surface area contributed by atoms with Crippen LogP contribution in [-0.2, 0) is 12.8 Å². The molecule has 6 nitrogen and oxygen atoms in total. The summed E-state index contributed by atoms with van der Waals surface area (Å²) in [6.45, 7) is 2.17. The number of aromatic nitrogens is 4. The lowest BCUT2D eigenvalue weighted by molar-refractivity contribution is 0.613. The Morgan fingerprint density at radius 1 is 0.618 bits per heavy atom. The highest BCUT2D eigenvalue weighted by atomic mass is 15.0. The van der Waals surface area contributed by atoms with E-state index in [1.165, 1.54) is 35.1 Å². The lowest BCUT2D eigenvalue weighted by atomic mass is 10.0. The quantitative estimate of drug-likeness (QED) is 0.314. The van der Waals surface area contributed by atoms with Crippen LogP contribution in [0, 0.1) is 0 Å². The molecule has 4 aromatic rings. The Morgan fingerprint density at radius 3 is 1.44 bits per heavy atom. The molecule has 6 heteroatoms. The van der Waals surface area contributed by atoms with Gasteiger partial charge < -0.3 is 20.6 Å². The van der Waals surface area contributed by atoms with Gasteiger partial charge >= 0.3 is 0 Å². The van der Waals surface area contributed by atoms with Gasteiger partial charge in [-0.05, 0) is 73.9 Å². The van der Waals surface area contributed by atoms with E-state index in [1.54, 1.807) is 0 Å². The fraction of sp³-hybridized carbons (Fsp3) is 0.357. The van der Waals surface area contributed by atoms with Crippen molar-refractivity contribution in [2.24, 2.45) is 0 Å². The van der Waals surface area contributed by atoms with Crippen LogP contribution >= 0.6 is 0 Å². The van der Waals surface area contributed by atoms with Crippen LogP contribution in [0.25, 0.3) is 22.5 Å². The highest BCUT2D eigenvalue weighted by molar-refractivity contribution is 5.60. The number of rotatable bonds is 7. The number of H-pyrrole nitrogens is 2. The van der Waals surface area contributed by atoms with Gasteiger partial charge in [-0.1, -0.05) is 48.5 Å². The second-order valence-corrected chi connectivity index (χ2v) is 9.56. The average Bonchev–Trinajstić information content (AvgIpc) is 3.70. The molecule has 2 atom stereocenters. The summed E-state index contributed by atoms with van der Waals surface area (Å²) in [5.41, 5.74) is 7.28. The second kappa shape index (κ2) is 9.57. The van der Waals surface area contributed by atoms with Crippen molar-refractivity contribution in [1.29, 1.82) is 0 Å². The standard InChI is InChI=1S/C28H32N6/c1-3-23(29-15-1)27-31-17-25(33-27)21-11-7-19(8-12-21)5-6-20-9-13-22(14-10-20)26-18-32-28(34-26)24-4-2-16-30-24/h7-14,17-18,23-24,29-30H,1-6,15-16H2,(H,31,33)(H,32,34)/t23-,24?/m0/s1. The minimum atomic E-state index is 0.374. The number of imidazole rings is 2. The van der Waals surface area contributed by atoms with Crippen molar-refractivity contribution in [1.82, 2.24) is 30.6 Å². The van der Waals surface area contributed by atoms with E-state index >= 15 is 0 Å². The van der Waals surface area contributed by atoms with Crippen molar-refractivity contribution in [2.75, 3.05) is 13.1 Å². The Labute approximate surface area is 200 Å². The van der Waals surface area contributed by atoms with Gasteiger partial charge in [0.2, 0.25) is 0 Å². The highest BCUT2D eigenvalue weighted by Crippen LogP contribution is 2.26. The van der Waals surface area contributed by atoms with Crippen LogP contribution in [0.3, 0.4) is 0 Å². The average molecular weight is 453 g/mol. The molecule has 0 spiro atoms. The predicted octanol–water partition coefficient (Wildman–Crippen LogP) is 5.10. The zero-order valence-electron chi connectivity index (χ0n) is 19.5. The molecular weight excluding hydrogens is 420 g/mol. The van der Waals surface area contributed by atoms with E-state index in [4.69, 9.17) is 0 Å². The van der Waals surface area contributed by atoms with Gasteiger partial charge in [-0.25, -0.2) is 9.97 Å². The maximum absolute atomic E-state index is 4.60. The third kappa shape index (κ3) is 4.56. The van der Waals surface area contributed by atoms with Crippen molar-refractivity contribution in [3.05, 3.63) is 83.7 Å². The molecule has 0 saturated carbocycles. The van der Waals surface area contributed by atoms with Crippen LogP contribution in [-0.4, -0.2) is 33.0 Å². The topological polar surface area (TPSA) is 81.4 Å². The maximum atomic E-state index is 4.60. The van der Waals surface area contributed by atoms with Gasteiger partial charge in [-0.3, -0.25) is 0 Å². The summed E-state index contributed by atoms with van der Waals surface area (Å²) >= 11 is 0. The first-order valence-corrected chi connectivity index (χ1v) is 12.6. The first kappa shape index (κ1) is 21.3. The van der Waals surface area contributed by atoms with E-state index in [1.807, 2.05) is 12.4 Å². The van der Waals surface area contributed by atoms with Gasteiger partial charge in [0.1, 0.15) is 11.6 Å². The van der Waals surface area contributed by atoms with Crippen molar-refractivity contribution in [2.45, 2.75) is 50.6 Å². The smallest absolute Gasteiger partial charge is 0.123 e.